The minimum absolute atomic E-state index is 0.00276. The maximum absolute atomic E-state index is 13.8. The zero-order chi connectivity index (χ0) is 23.5. The Morgan fingerprint density at radius 1 is 1.25 bits per heavy atom. The van der Waals surface area contributed by atoms with E-state index >= 15 is 0 Å². The first kappa shape index (κ1) is 24.3. The highest BCUT2D eigenvalue weighted by Crippen LogP contribution is 2.35. The molecule has 1 fully saturated rings. The monoisotopic (exact) mass is 473 g/mol. The Hall–Kier alpha value is -2.37. The van der Waals surface area contributed by atoms with E-state index in [2.05, 4.69) is 12.6 Å². The molecular formula is C24H28ClN3O3S. The highest BCUT2D eigenvalue weighted by Gasteiger charge is 2.34. The maximum atomic E-state index is 13.8. The van der Waals surface area contributed by atoms with Gasteiger partial charge < -0.3 is 10.0 Å². The third-order valence-electron chi connectivity index (χ3n) is 5.81. The Bertz CT molecular complexity index is 1120. The van der Waals surface area contributed by atoms with E-state index in [1.165, 1.54) is 16.4 Å². The molecule has 3 rings (SSSR count). The van der Waals surface area contributed by atoms with Gasteiger partial charge in [0.25, 0.3) is 0 Å². The molecule has 1 heterocycles. The van der Waals surface area contributed by atoms with Gasteiger partial charge in [-0.3, -0.25) is 0 Å². The van der Waals surface area contributed by atoms with E-state index in [9.17, 15) is 18.8 Å². The van der Waals surface area contributed by atoms with E-state index in [0.29, 0.717) is 34.9 Å². The molecule has 8 heteroatoms. The lowest BCUT2D eigenvalue weighted by Gasteiger charge is -2.41. The Morgan fingerprint density at radius 2 is 1.94 bits per heavy atom. The van der Waals surface area contributed by atoms with Crippen molar-refractivity contribution in [2.24, 2.45) is 11.8 Å². The second kappa shape index (κ2) is 10.1. The number of piperidine rings is 1. The van der Waals surface area contributed by atoms with Crippen molar-refractivity contribution in [2.45, 2.75) is 31.4 Å². The molecule has 0 saturated carbocycles. The number of hydrogen-bond acceptors (Lipinski definition) is 5. The average molecular weight is 474 g/mol. The topological polar surface area (TPSA) is 84.6 Å². The van der Waals surface area contributed by atoms with Crippen LogP contribution in [0.1, 0.15) is 25.0 Å². The highest BCUT2D eigenvalue weighted by atomic mass is 35.5. The first-order valence-electron chi connectivity index (χ1n) is 10.5. The van der Waals surface area contributed by atoms with E-state index < -0.39 is 16.1 Å². The summed E-state index contributed by atoms with van der Waals surface area (Å²) in [5, 5.41) is 19.8. The summed E-state index contributed by atoms with van der Waals surface area (Å²) in [6, 6.07) is 13.9. The molecule has 2 unspecified atom stereocenters. The van der Waals surface area contributed by atoms with Gasteiger partial charge in [-0.25, -0.2) is 8.42 Å². The van der Waals surface area contributed by atoms with Crippen LogP contribution in [0.25, 0.3) is 0 Å². The SMILES string of the molecule is C=CCN(Cc1cccc(C#N)c1)S(=O)(=O)c1cc(Cl)ccc1N1CC(C)C(O)C(C)C1. The molecule has 32 heavy (non-hydrogen) atoms. The number of benzene rings is 2. The summed E-state index contributed by atoms with van der Waals surface area (Å²) >= 11 is 6.23. The molecule has 1 saturated heterocycles. The molecule has 1 N–H and O–H groups in total. The molecule has 0 aliphatic carbocycles. The number of halogens is 1. The van der Waals surface area contributed by atoms with Gasteiger partial charge in [0.1, 0.15) is 4.90 Å². The Morgan fingerprint density at radius 3 is 2.56 bits per heavy atom. The molecule has 0 bridgehead atoms. The second-order valence-corrected chi connectivity index (χ2v) is 10.7. The predicted molar refractivity (Wildman–Crippen MR) is 127 cm³/mol. The van der Waals surface area contributed by atoms with Crippen molar-refractivity contribution in [1.82, 2.24) is 4.31 Å². The van der Waals surface area contributed by atoms with Gasteiger partial charge in [0, 0.05) is 31.2 Å². The predicted octanol–water partition coefficient (Wildman–Crippen LogP) is 4.04. The fraction of sp³-hybridized carbons (Fsp3) is 0.375. The number of aliphatic hydroxyl groups excluding tert-OH is 1. The van der Waals surface area contributed by atoms with E-state index in [0.717, 1.165) is 0 Å². The van der Waals surface area contributed by atoms with Crippen molar-refractivity contribution >= 4 is 27.3 Å². The summed E-state index contributed by atoms with van der Waals surface area (Å²) in [6.45, 7) is 8.93. The lowest BCUT2D eigenvalue weighted by Crippen LogP contribution is -2.48. The maximum Gasteiger partial charge on any atom is 0.245 e. The van der Waals surface area contributed by atoms with E-state index in [-0.39, 0.29) is 29.8 Å². The van der Waals surface area contributed by atoms with Crippen LogP contribution in [0.3, 0.4) is 0 Å². The van der Waals surface area contributed by atoms with Crippen LogP contribution in [0.5, 0.6) is 0 Å². The molecule has 1 aliphatic heterocycles. The molecule has 170 valence electrons. The molecule has 6 nitrogen and oxygen atoms in total. The Kier molecular flexibility index (Phi) is 7.63. The van der Waals surface area contributed by atoms with Gasteiger partial charge in [0.2, 0.25) is 10.0 Å². The largest absolute Gasteiger partial charge is 0.392 e. The van der Waals surface area contributed by atoms with Gasteiger partial charge in [-0.1, -0.05) is 43.7 Å². The molecule has 2 aromatic carbocycles. The molecule has 2 aromatic rings. The van der Waals surface area contributed by atoms with Crippen LogP contribution in [-0.2, 0) is 16.6 Å². The van der Waals surface area contributed by atoms with Crippen LogP contribution in [0.4, 0.5) is 5.69 Å². The first-order chi connectivity index (χ1) is 15.2. The van der Waals surface area contributed by atoms with E-state index in [1.54, 1.807) is 36.4 Å². The van der Waals surface area contributed by atoms with Gasteiger partial charge in [-0.2, -0.15) is 9.57 Å². The van der Waals surface area contributed by atoms with Crippen molar-refractivity contribution < 1.29 is 13.5 Å². The summed E-state index contributed by atoms with van der Waals surface area (Å²) in [5.74, 6) is 0.00552. The minimum atomic E-state index is -3.94. The van der Waals surface area contributed by atoms with Gasteiger partial charge in [0.15, 0.2) is 0 Å². The molecule has 0 radical (unpaired) electrons. The lowest BCUT2D eigenvalue weighted by atomic mass is 9.88. The second-order valence-electron chi connectivity index (χ2n) is 8.36. The smallest absolute Gasteiger partial charge is 0.245 e. The Balaban J connectivity index is 2.02. The Labute approximate surface area is 195 Å². The third-order valence-corrected chi connectivity index (χ3v) is 7.89. The summed E-state index contributed by atoms with van der Waals surface area (Å²) in [6.07, 6.45) is 1.11. The third kappa shape index (κ3) is 5.16. The summed E-state index contributed by atoms with van der Waals surface area (Å²) in [4.78, 5) is 2.13. The summed E-state index contributed by atoms with van der Waals surface area (Å²) in [5.41, 5.74) is 1.75. The molecule has 0 spiro atoms. The van der Waals surface area contributed by atoms with Crippen LogP contribution in [0, 0.1) is 23.2 Å². The van der Waals surface area contributed by atoms with Crippen molar-refractivity contribution in [2.75, 3.05) is 24.5 Å². The van der Waals surface area contributed by atoms with Crippen molar-refractivity contribution in [1.29, 1.82) is 5.26 Å². The first-order valence-corrected chi connectivity index (χ1v) is 12.3. The van der Waals surface area contributed by atoms with Gasteiger partial charge >= 0.3 is 0 Å². The molecule has 1 aliphatic rings. The fourth-order valence-corrected chi connectivity index (χ4v) is 6.05. The van der Waals surface area contributed by atoms with Crippen LogP contribution in [0.2, 0.25) is 5.02 Å². The standard InChI is InChI=1S/C24H28ClN3O3S/c1-4-10-28(16-20-7-5-6-19(11-20)13-26)32(30,31)23-12-21(25)8-9-22(23)27-14-17(2)24(29)18(3)15-27/h4-9,11-12,17-18,24,29H,1,10,14-16H2,2-3H3. The quantitative estimate of drug-likeness (QED) is 0.613. The number of hydrogen-bond donors (Lipinski definition) is 1. The zero-order valence-corrected chi connectivity index (χ0v) is 19.9. The molecule has 2 atom stereocenters. The number of nitrogens with zero attached hydrogens (tertiary/aromatic N) is 3. The number of aliphatic hydroxyl groups is 1. The summed E-state index contributed by atoms with van der Waals surface area (Å²) < 4.78 is 28.9. The fourth-order valence-electron chi connectivity index (χ4n) is 4.17. The molecule has 0 amide bonds. The zero-order valence-electron chi connectivity index (χ0n) is 18.3. The van der Waals surface area contributed by atoms with Crippen LogP contribution in [0.15, 0.2) is 60.0 Å². The number of sulfonamides is 1. The van der Waals surface area contributed by atoms with Crippen molar-refractivity contribution in [3.05, 3.63) is 71.3 Å². The van der Waals surface area contributed by atoms with Crippen LogP contribution < -0.4 is 4.90 Å². The van der Waals surface area contributed by atoms with Gasteiger partial charge in [-0.05, 0) is 47.7 Å². The number of anilines is 1. The van der Waals surface area contributed by atoms with Crippen molar-refractivity contribution in [3.8, 4) is 6.07 Å². The molecular weight excluding hydrogens is 446 g/mol. The summed E-state index contributed by atoms with van der Waals surface area (Å²) in [7, 11) is -3.94. The van der Waals surface area contributed by atoms with Gasteiger partial charge in [-0.15, -0.1) is 6.58 Å². The van der Waals surface area contributed by atoms with E-state index in [1.807, 2.05) is 18.7 Å². The van der Waals surface area contributed by atoms with Gasteiger partial charge in [0.05, 0.1) is 23.4 Å². The average Bonchev–Trinajstić information content (AvgIpc) is 2.77. The highest BCUT2D eigenvalue weighted by molar-refractivity contribution is 7.89. The molecule has 0 aromatic heterocycles. The lowest BCUT2D eigenvalue weighted by molar-refractivity contribution is 0.0528. The number of nitriles is 1. The number of rotatable bonds is 7. The minimum Gasteiger partial charge on any atom is -0.392 e. The normalized spacial score (nSPS) is 21.4. The van der Waals surface area contributed by atoms with E-state index in [4.69, 9.17) is 11.6 Å². The van der Waals surface area contributed by atoms with Crippen molar-refractivity contribution in [3.63, 3.8) is 0 Å². The van der Waals surface area contributed by atoms with Crippen LogP contribution in [-0.4, -0.2) is 43.6 Å². The van der Waals surface area contributed by atoms with Crippen LogP contribution >= 0.6 is 11.6 Å².